The van der Waals surface area contributed by atoms with E-state index in [9.17, 15) is 0 Å². The van der Waals surface area contributed by atoms with Crippen LogP contribution in [0.25, 0.3) is 83.6 Å². The molecule has 0 saturated carbocycles. The van der Waals surface area contributed by atoms with Gasteiger partial charge in [-0.05, 0) is 108 Å². The number of hydrogen-bond acceptors (Lipinski definition) is 4. The molecule has 0 aliphatic heterocycles. The Labute approximate surface area is 290 Å². The van der Waals surface area contributed by atoms with Gasteiger partial charge in [0.1, 0.15) is 0 Å². The van der Waals surface area contributed by atoms with E-state index in [4.69, 9.17) is 19.9 Å². The molecule has 0 bridgehead atoms. The van der Waals surface area contributed by atoms with Crippen LogP contribution in [-0.4, -0.2) is 24.5 Å². The van der Waals surface area contributed by atoms with Crippen LogP contribution in [0, 0.1) is 6.92 Å². The van der Waals surface area contributed by atoms with Crippen molar-refractivity contribution in [2.75, 3.05) is 0 Å². The summed E-state index contributed by atoms with van der Waals surface area (Å²) in [5.41, 5.74) is 15.3. The van der Waals surface area contributed by atoms with Crippen LogP contribution in [0.15, 0.2) is 170 Å². The number of hydrogen-bond donors (Lipinski definition) is 0. The van der Waals surface area contributed by atoms with E-state index in [2.05, 4.69) is 133 Å². The Morgan fingerprint density at radius 2 is 1.12 bits per heavy atom. The van der Waals surface area contributed by atoms with Crippen molar-refractivity contribution in [1.82, 2.24) is 24.5 Å². The van der Waals surface area contributed by atoms with Crippen LogP contribution >= 0.6 is 0 Å². The maximum atomic E-state index is 5.23. The highest BCUT2D eigenvalue weighted by atomic mass is 15.0. The molecular formula is C45H31N5. The highest BCUT2D eigenvalue weighted by Crippen LogP contribution is 2.37. The Morgan fingerprint density at radius 1 is 0.440 bits per heavy atom. The SMILES string of the molecule is Cc1ccc2c(c1)c1ncccc1n2-c1cncc(-c2cc(-c3cc(-c4ccccc4)cc(-c4ccccc4)c3)nc(-c3ccccn3)c2)c1. The molecule has 9 aromatic rings. The van der Waals surface area contributed by atoms with Crippen LogP contribution in [0.4, 0.5) is 0 Å². The number of nitrogens with zero attached hydrogens (tertiary/aromatic N) is 5. The molecule has 50 heavy (non-hydrogen) atoms. The van der Waals surface area contributed by atoms with Gasteiger partial charge in [0, 0.05) is 35.1 Å². The highest BCUT2D eigenvalue weighted by Gasteiger charge is 2.16. The van der Waals surface area contributed by atoms with E-state index in [-0.39, 0.29) is 0 Å². The smallest absolute Gasteiger partial charge is 0.0963 e. The summed E-state index contributed by atoms with van der Waals surface area (Å²) in [5.74, 6) is 0. The number of aryl methyl sites for hydroxylation is 1. The molecule has 0 aliphatic rings. The van der Waals surface area contributed by atoms with Gasteiger partial charge in [-0.2, -0.15) is 0 Å². The lowest BCUT2D eigenvalue weighted by atomic mass is 9.94. The van der Waals surface area contributed by atoms with Gasteiger partial charge in [0.25, 0.3) is 0 Å². The zero-order valence-electron chi connectivity index (χ0n) is 27.4. The van der Waals surface area contributed by atoms with Crippen LogP contribution in [0.2, 0.25) is 0 Å². The molecule has 0 amide bonds. The molecule has 0 N–H and O–H groups in total. The van der Waals surface area contributed by atoms with Crippen LogP contribution in [0.3, 0.4) is 0 Å². The first-order valence-corrected chi connectivity index (χ1v) is 16.7. The third kappa shape index (κ3) is 5.41. The summed E-state index contributed by atoms with van der Waals surface area (Å²) < 4.78 is 2.25. The molecule has 0 spiro atoms. The van der Waals surface area contributed by atoms with Gasteiger partial charge in [-0.15, -0.1) is 0 Å². The molecule has 4 aromatic carbocycles. The number of pyridine rings is 4. The first-order valence-electron chi connectivity index (χ1n) is 16.7. The van der Waals surface area contributed by atoms with Crippen molar-refractivity contribution in [3.8, 4) is 61.7 Å². The molecule has 236 valence electrons. The van der Waals surface area contributed by atoms with Gasteiger partial charge in [0.15, 0.2) is 0 Å². The van der Waals surface area contributed by atoms with Crippen molar-refractivity contribution in [3.63, 3.8) is 0 Å². The second-order valence-electron chi connectivity index (χ2n) is 12.5. The lowest BCUT2D eigenvalue weighted by Gasteiger charge is -2.14. The minimum absolute atomic E-state index is 0.798. The van der Waals surface area contributed by atoms with Crippen molar-refractivity contribution in [3.05, 3.63) is 176 Å². The zero-order chi connectivity index (χ0) is 33.4. The van der Waals surface area contributed by atoms with Gasteiger partial charge < -0.3 is 4.57 Å². The lowest BCUT2D eigenvalue weighted by molar-refractivity contribution is 1.14. The Bertz CT molecular complexity index is 2590. The first-order chi connectivity index (χ1) is 24.7. The Kier molecular flexibility index (Phi) is 7.29. The van der Waals surface area contributed by atoms with Crippen molar-refractivity contribution >= 4 is 21.9 Å². The molecule has 5 heteroatoms. The Hall–Kier alpha value is -6.72. The topological polar surface area (TPSA) is 56.5 Å². The number of aromatic nitrogens is 5. The van der Waals surface area contributed by atoms with Crippen molar-refractivity contribution in [2.45, 2.75) is 6.92 Å². The molecular weight excluding hydrogens is 611 g/mol. The number of rotatable bonds is 6. The molecule has 5 nitrogen and oxygen atoms in total. The van der Waals surface area contributed by atoms with Gasteiger partial charge >= 0.3 is 0 Å². The summed E-state index contributed by atoms with van der Waals surface area (Å²) in [7, 11) is 0. The van der Waals surface area contributed by atoms with Crippen molar-refractivity contribution < 1.29 is 0 Å². The average Bonchev–Trinajstić information content (AvgIpc) is 3.52. The fourth-order valence-electron chi connectivity index (χ4n) is 6.80. The van der Waals surface area contributed by atoms with E-state index >= 15 is 0 Å². The molecule has 0 aliphatic carbocycles. The fraction of sp³-hybridized carbons (Fsp3) is 0.0222. The molecule has 5 heterocycles. The zero-order valence-corrected chi connectivity index (χ0v) is 27.4. The van der Waals surface area contributed by atoms with E-state index in [1.54, 1.807) is 0 Å². The normalized spacial score (nSPS) is 11.3. The summed E-state index contributed by atoms with van der Waals surface area (Å²) in [6.45, 7) is 2.12. The summed E-state index contributed by atoms with van der Waals surface area (Å²) in [5, 5.41) is 1.13. The largest absolute Gasteiger partial charge is 0.306 e. The van der Waals surface area contributed by atoms with Gasteiger partial charge in [-0.1, -0.05) is 78.4 Å². The minimum atomic E-state index is 0.798. The van der Waals surface area contributed by atoms with Gasteiger partial charge in [0.05, 0.1) is 45.5 Å². The predicted octanol–water partition coefficient (Wildman–Crippen LogP) is 11.0. The molecule has 5 aromatic heterocycles. The molecule has 0 radical (unpaired) electrons. The lowest BCUT2D eigenvalue weighted by Crippen LogP contribution is -1.97. The average molecular weight is 642 g/mol. The van der Waals surface area contributed by atoms with Crippen molar-refractivity contribution in [2.24, 2.45) is 0 Å². The fourth-order valence-corrected chi connectivity index (χ4v) is 6.80. The maximum Gasteiger partial charge on any atom is 0.0963 e. The van der Waals surface area contributed by atoms with Gasteiger partial charge in [0.2, 0.25) is 0 Å². The summed E-state index contributed by atoms with van der Waals surface area (Å²) in [6.07, 6.45) is 7.52. The minimum Gasteiger partial charge on any atom is -0.306 e. The maximum absolute atomic E-state index is 5.23. The predicted molar refractivity (Wildman–Crippen MR) is 204 cm³/mol. The van der Waals surface area contributed by atoms with Crippen LogP contribution in [0.1, 0.15) is 5.56 Å². The third-order valence-corrected chi connectivity index (χ3v) is 9.19. The molecule has 0 fully saturated rings. The van der Waals surface area contributed by atoms with E-state index in [1.807, 2.05) is 49.1 Å². The number of fused-ring (bicyclic) bond motifs is 3. The Balaban J connectivity index is 1.25. The van der Waals surface area contributed by atoms with Gasteiger partial charge in [-0.25, -0.2) is 4.98 Å². The number of benzene rings is 4. The quantitative estimate of drug-likeness (QED) is 0.181. The van der Waals surface area contributed by atoms with E-state index in [1.165, 1.54) is 5.56 Å². The first kappa shape index (κ1) is 29.4. The van der Waals surface area contributed by atoms with Crippen LogP contribution < -0.4 is 0 Å². The van der Waals surface area contributed by atoms with E-state index in [0.717, 1.165) is 83.6 Å². The van der Waals surface area contributed by atoms with Crippen LogP contribution in [-0.2, 0) is 0 Å². The Morgan fingerprint density at radius 3 is 1.86 bits per heavy atom. The second kappa shape index (κ2) is 12.4. The van der Waals surface area contributed by atoms with Crippen LogP contribution in [0.5, 0.6) is 0 Å². The van der Waals surface area contributed by atoms with Gasteiger partial charge in [-0.3, -0.25) is 15.0 Å². The molecule has 0 saturated heterocycles. The second-order valence-corrected chi connectivity index (χ2v) is 12.5. The van der Waals surface area contributed by atoms with E-state index < -0.39 is 0 Å². The molecule has 9 rings (SSSR count). The standard InChI is InChI=1S/C45H31N5/c1-30-17-18-43-39(21-30)45-44(16-10-20-48-45)50(43)38-25-37(28-46-29-38)35-26-41(49-42(27-35)40-15-8-9-19-47-40)36-23-33(31-11-4-2-5-12-31)22-34(24-36)32-13-6-3-7-14-32/h2-29H,1H3. The van der Waals surface area contributed by atoms with Crippen molar-refractivity contribution in [1.29, 1.82) is 0 Å². The monoisotopic (exact) mass is 641 g/mol. The summed E-state index contributed by atoms with van der Waals surface area (Å²) in [6, 6.07) is 50.8. The third-order valence-electron chi connectivity index (χ3n) is 9.19. The molecule has 0 unspecified atom stereocenters. The van der Waals surface area contributed by atoms with E-state index in [0.29, 0.717) is 0 Å². The highest BCUT2D eigenvalue weighted by molar-refractivity contribution is 6.07. The summed E-state index contributed by atoms with van der Waals surface area (Å²) >= 11 is 0. The molecule has 0 atom stereocenters. The summed E-state index contributed by atoms with van der Waals surface area (Å²) in [4.78, 5) is 19.5.